The van der Waals surface area contributed by atoms with Gasteiger partial charge < -0.3 is 0 Å². The average molecular weight is 623 g/mol. The number of aromatic nitrogens is 4. The smallest absolute Gasteiger partial charge is 0.223 e. The Labute approximate surface area is 239 Å². The van der Waals surface area contributed by atoms with E-state index in [1.54, 1.807) is 0 Å². The first-order valence-electron chi connectivity index (χ1n) is 12.0. The highest BCUT2D eigenvalue weighted by molar-refractivity contribution is 14.1. The van der Waals surface area contributed by atoms with Gasteiger partial charge in [0.05, 0.1) is 22.8 Å². The summed E-state index contributed by atoms with van der Waals surface area (Å²) in [7, 11) is 0. The van der Waals surface area contributed by atoms with Crippen LogP contribution in [-0.2, 0) is 0 Å². The molecule has 4 aromatic carbocycles. The van der Waals surface area contributed by atoms with E-state index in [1.807, 2.05) is 60.7 Å². The maximum absolute atomic E-state index is 6.26. The molecule has 0 saturated heterocycles. The minimum Gasteiger partial charge on any atom is -0.223 e. The van der Waals surface area contributed by atoms with Gasteiger partial charge in [-0.3, -0.25) is 0 Å². The zero-order valence-electron chi connectivity index (χ0n) is 20.1. The van der Waals surface area contributed by atoms with Crippen molar-refractivity contribution in [3.05, 3.63) is 130 Å². The van der Waals surface area contributed by atoms with E-state index in [4.69, 9.17) is 11.6 Å². The third-order valence-corrected chi connectivity index (χ3v) is 6.88. The summed E-state index contributed by atoms with van der Waals surface area (Å²) in [6.45, 7) is 0. The van der Waals surface area contributed by atoms with Crippen LogP contribution in [0.5, 0.6) is 0 Å². The quantitative estimate of drug-likeness (QED) is 0.142. The number of hydrogen-bond donors (Lipinski definition) is 0. The second-order valence-electron chi connectivity index (χ2n) is 8.70. The molecule has 6 heteroatoms. The molecule has 0 aliphatic heterocycles. The van der Waals surface area contributed by atoms with Crippen LogP contribution in [0.2, 0.25) is 5.28 Å². The van der Waals surface area contributed by atoms with Gasteiger partial charge in [0.2, 0.25) is 5.28 Å². The van der Waals surface area contributed by atoms with Gasteiger partial charge in [0.1, 0.15) is 0 Å². The lowest BCUT2D eigenvalue weighted by Crippen LogP contribution is -1.94. The number of benzene rings is 4. The Morgan fingerprint density at radius 1 is 0.395 bits per heavy atom. The summed E-state index contributed by atoms with van der Waals surface area (Å²) in [5.41, 5.74) is 9.76. The molecule has 0 amide bonds. The molecular formula is C32H20ClIN4. The second kappa shape index (κ2) is 10.8. The van der Waals surface area contributed by atoms with Gasteiger partial charge in [-0.15, -0.1) is 0 Å². The second-order valence-corrected chi connectivity index (χ2v) is 10.0. The summed E-state index contributed by atoms with van der Waals surface area (Å²) in [4.78, 5) is 18.1. The van der Waals surface area contributed by atoms with Crippen LogP contribution in [0.4, 0.5) is 0 Å². The molecule has 0 bridgehead atoms. The maximum atomic E-state index is 6.26. The number of rotatable bonds is 5. The zero-order chi connectivity index (χ0) is 25.9. The standard InChI is InChI=1S/C32H20ClIN4/c33-31-35-27(23-7-3-1-4-8-23)19-28(36-31)25-15-11-21(12-16-25)22-13-17-26(18-14-22)30-20-29(37-32(34)38-30)24-9-5-2-6-10-24/h1-20H. The molecule has 0 N–H and O–H groups in total. The molecule has 0 radical (unpaired) electrons. The van der Waals surface area contributed by atoms with E-state index >= 15 is 0 Å². The Morgan fingerprint density at radius 3 is 1.11 bits per heavy atom. The van der Waals surface area contributed by atoms with Gasteiger partial charge in [-0.1, -0.05) is 109 Å². The van der Waals surface area contributed by atoms with Crippen molar-refractivity contribution in [2.75, 3.05) is 0 Å². The van der Waals surface area contributed by atoms with Crippen LogP contribution < -0.4 is 0 Å². The largest absolute Gasteiger partial charge is 0.223 e. The summed E-state index contributed by atoms with van der Waals surface area (Å²) in [5.74, 6) is 0. The van der Waals surface area contributed by atoms with Crippen LogP contribution in [0.15, 0.2) is 121 Å². The minimum atomic E-state index is 0.232. The molecule has 2 heterocycles. The highest BCUT2D eigenvalue weighted by Crippen LogP contribution is 2.30. The van der Waals surface area contributed by atoms with Crippen molar-refractivity contribution in [1.82, 2.24) is 19.9 Å². The predicted octanol–water partition coefficient (Wildman–Crippen LogP) is 8.86. The lowest BCUT2D eigenvalue weighted by Gasteiger charge is -2.09. The summed E-state index contributed by atoms with van der Waals surface area (Å²) >= 11 is 8.44. The molecule has 6 rings (SSSR count). The number of halogens is 2. The van der Waals surface area contributed by atoms with Gasteiger partial charge >= 0.3 is 0 Å². The van der Waals surface area contributed by atoms with Crippen molar-refractivity contribution in [3.63, 3.8) is 0 Å². The van der Waals surface area contributed by atoms with E-state index in [0.717, 1.165) is 60.0 Å². The fourth-order valence-corrected chi connectivity index (χ4v) is 5.01. The molecule has 2 aromatic heterocycles. The molecule has 0 saturated carbocycles. The third kappa shape index (κ3) is 5.35. The van der Waals surface area contributed by atoms with Gasteiger partial charge in [-0.25, -0.2) is 19.9 Å². The van der Waals surface area contributed by atoms with Crippen molar-refractivity contribution in [1.29, 1.82) is 0 Å². The Kier molecular flexibility index (Phi) is 6.94. The Bertz CT molecular complexity index is 1580. The normalized spacial score (nSPS) is 10.9. The highest BCUT2D eigenvalue weighted by atomic mass is 127. The Balaban J connectivity index is 1.26. The molecule has 4 nitrogen and oxygen atoms in total. The molecule has 38 heavy (non-hydrogen) atoms. The predicted molar refractivity (Wildman–Crippen MR) is 163 cm³/mol. The van der Waals surface area contributed by atoms with Crippen LogP contribution in [0.1, 0.15) is 0 Å². The first-order valence-corrected chi connectivity index (χ1v) is 13.5. The summed E-state index contributed by atoms with van der Waals surface area (Å²) in [6, 6.07) is 40.9. The Hall–Kier alpha value is -3.94. The fraction of sp³-hybridized carbons (Fsp3) is 0. The minimum absolute atomic E-state index is 0.232. The maximum Gasteiger partial charge on any atom is 0.223 e. The molecule has 0 aliphatic rings. The van der Waals surface area contributed by atoms with Crippen LogP contribution >= 0.6 is 34.2 Å². The van der Waals surface area contributed by atoms with Crippen LogP contribution in [0.25, 0.3) is 56.2 Å². The lowest BCUT2D eigenvalue weighted by atomic mass is 10.00. The van der Waals surface area contributed by atoms with Crippen molar-refractivity contribution in [3.8, 4) is 56.2 Å². The van der Waals surface area contributed by atoms with Crippen LogP contribution in [-0.4, -0.2) is 19.9 Å². The van der Waals surface area contributed by atoms with Gasteiger partial charge in [-0.2, -0.15) is 0 Å². The van der Waals surface area contributed by atoms with Gasteiger partial charge in [0.15, 0.2) is 3.83 Å². The average Bonchev–Trinajstić information content (AvgIpc) is 2.98. The van der Waals surface area contributed by atoms with E-state index in [2.05, 4.69) is 103 Å². The number of nitrogens with zero attached hydrogens (tertiary/aromatic N) is 4. The van der Waals surface area contributed by atoms with E-state index in [9.17, 15) is 0 Å². The lowest BCUT2D eigenvalue weighted by molar-refractivity contribution is 1.12. The summed E-state index contributed by atoms with van der Waals surface area (Å²) < 4.78 is 0.721. The summed E-state index contributed by atoms with van der Waals surface area (Å²) in [6.07, 6.45) is 0. The van der Waals surface area contributed by atoms with E-state index in [1.165, 1.54) is 0 Å². The van der Waals surface area contributed by atoms with E-state index in [0.29, 0.717) is 0 Å². The van der Waals surface area contributed by atoms with Crippen molar-refractivity contribution in [2.45, 2.75) is 0 Å². The van der Waals surface area contributed by atoms with E-state index < -0.39 is 0 Å². The molecule has 182 valence electrons. The highest BCUT2D eigenvalue weighted by Gasteiger charge is 2.10. The Morgan fingerprint density at radius 2 is 0.711 bits per heavy atom. The molecule has 6 aromatic rings. The fourth-order valence-electron chi connectivity index (χ4n) is 4.31. The van der Waals surface area contributed by atoms with Crippen molar-refractivity contribution in [2.24, 2.45) is 0 Å². The molecule has 0 unspecified atom stereocenters. The first-order chi connectivity index (χ1) is 18.6. The van der Waals surface area contributed by atoms with Gasteiger partial charge in [-0.05, 0) is 34.9 Å². The number of hydrogen-bond acceptors (Lipinski definition) is 4. The third-order valence-electron chi connectivity index (χ3n) is 6.23. The van der Waals surface area contributed by atoms with Gasteiger partial charge in [0.25, 0.3) is 0 Å². The van der Waals surface area contributed by atoms with Gasteiger partial charge in [0, 0.05) is 44.8 Å². The van der Waals surface area contributed by atoms with E-state index in [-0.39, 0.29) is 5.28 Å². The first kappa shape index (κ1) is 24.4. The SMILES string of the molecule is Clc1nc(-c2ccccc2)cc(-c2ccc(-c3ccc(-c4cc(-c5ccccc5)nc(I)n4)cc3)cc2)n1. The van der Waals surface area contributed by atoms with Crippen molar-refractivity contribution < 1.29 is 0 Å². The molecule has 0 spiro atoms. The molecule has 0 aliphatic carbocycles. The topological polar surface area (TPSA) is 51.6 Å². The molecule has 0 fully saturated rings. The van der Waals surface area contributed by atoms with Crippen molar-refractivity contribution >= 4 is 34.2 Å². The van der Waals surface area contributed by atoms with Crippen LogP contribution in [0.3, 0.4) is 0 Å². The summed E-state index contributed by atoms with van der Waals surface area (Å²) in [5, 5.41) is 0.232. The monoisotopic (exact) mass is 622 g/mol. The zero-order valence-corrected chi connectivity index (χ0v) is 23.0. The molecular weight excluding hydrogens is 603 g/mol. The van der Waals surface area contributed by atoms with Crippen LogP contribution in [0, 0.1) is 3.83 Å². The molecule has 0 atom stereocenters.